The minimum Gasteiger partial charge on any atom is -0.379 e. The molecular formula is C19H39N5O. The van der Waals surface area contributed by atoms with Gasteiger partial charge in [-0.2, -0.15) is 0 Å². The second-order valence-electron chi connectivity index (χ2n) is 7.24. The maximum Gasteiger partial charge on any atom is 0.191 e. The molecule has 0 bridgehead atoms. The number of hydrogen-bond acceptors (Lipinski definition) is 4. The van der Waals surface area contributed by atoms with Gasteiger partial charge < -0.3 is 15.4 Å². The van der Waals surface area contributed by atoms with Crippen LogP contribution in [0.5, 0.6) is 0 Å². The topological polar surface area (TPSA) is 52.1 Å². The lowest BCUT2D eigenvalue weighted by molar-refractivity contribution is 0.0220. The normalized spacial score (nSPS) is 24.9. The van der Waals surface area contributed by atoms with Gasteiger partial charge in [0.05, 0.1) is 19.8 Å². The molecule has 0 aliphatic carbocycles. The average molecular weight is 354 g/mol. The summed E-state index contributed by atoms with van der Waals surface area (Å²) in [5.74, 6) is 0.952. The third kappa shape index (κ3) is 7.12. The van der Waals surface area contributed by atoms with E-state index in [0.29, 0.717) is 6.04 Å². The fourth-order valence-electron chi connectivity index (χ4n) is 3.83. The number of rotatable bonds is 8. The van der Waals surface area contributed by atoms with E-state index >= 15 is 0 Å². The molecule has 2 N–H and O–H groups in total. The summed E-state index contributed by atoms with van der Waals surface area (Å²) in [6, 6.07) is 1.24. The number of morpholine rings is 1. The Morgan fingerprint density at radius 2 is 1.96 bits per heavy atom. The quantitative estimate of drug-likeness (QED) is 0.512. The Labute approximate surface area is 154 Å². The molecule has 0 saturated carbocycles. The third-order valence-electron chi connectivity index (χ3n) is 5.44. The lowest BCUT2D eigenvalue weighted by atomic mass is 10.0. The summed E-state index contributed by atoms with van der Waals surface area (Å²) in [5.41, 5.74) is 0. The van der Waals surface area contributed by atoms with Gasteiger partial charge in [0, 0.05) is 44.8 Å². The Morgan fingerprint density at radius 3 is 2.68 bits per heavy atom. The highest BCUT2D eigenvalue weighted by Gasteiger charge is 2.20. The van der Waals surface area contributed by atoms with Crippen molar-refractivity contribution in [1.82, 2.24) is 20.4 Å². The first-order chi connectivity index (χ1) is 12.2. The van der Waals surface area contributed by atoms with Gasteiger partial charge in [-0.3, -0.25) is 14.8 Å². The number of ether oxygens (including phenoxy) is 1. The predicted molar refractivity (Wildman–Crippen MR) is 105 cm³/mol. The maximum absolute atomic E-state index is 5.44. The summed E-state index contributed by atoms with van der Waals surface area (Å²) >= 11 is 0. The van der Waals surface area contributed by atoms with Crippen molar-refractivity contribution in [3.05, 3.63) is 0 Å². The number of nitrogens with zero attached hydrogens (tertiary/aromatic N) is 3. The van der Waals surface area contributed by atoms with Crippen LogP contribution in [0.1, 0.15) is 46.5 Å². The molecule has 2 atom stereocenters. The molecular weight excluding hydrogens is 314 g/mol. The van der Waals surface area contributed by atoms with Gasteiger partial charge in [0.25, 0.3) is 0 Å². The van der Waals surface area contributed by atoms with Gasteiger partial charge in [0.15, 0.2) is 5.96 Å². The van der Waals surface area contributed by atoms with E-state index in [4.69, 9.17) is 9.73 Å². The molecule has 2 saturated heterocycles. The fourth-order valence-corrected chi connectivity index (χ4v) is 3.83. The summed E-state index contributed by atoms with van der Waals surface area (Å²) in [6.07, 6.45) is 5.38. The summed E-state index contributed by atoms with van der Waals surface area (Å²) in [6.45, 7) is 15.5. The highest BCUT2D eigenvalue weighted by molar-refractivity contribution is 5.79. The van der Waals surface area contributed by atoms with Crippen LogP contribution in [0.4, 0.5) is 0 Å². The van der Waals surface area contributed by atoms with Crippen molar-refractivity contribution in [2.75, 3.05) is 59.0 Å². The number of aliphatic imine (C=N–C) groups is 1. The van der Waals surface area contributed by atoms with E-state index in [1.165, 1.54) is 32.2 Å². The molecule has 2 unspecified atom stereocenters. The zero-order valence-electron chi connectivity index (χ0n) is 16.6. The first kappa shape index (κ1) is 20.5. The van der Waals surface area contributed by atoms with Crippen LogP contribution in [0.15, 0.2) is 4.99 Å². The molecule has 6 nitrogen and oxygen atoms in total. The molecule has 0 aromatic heterocycles. The number of guanidine groups is 1. The molecule has 0 aromatic rings. The van der Waals surface area contributed by atoms with Gasteiger partial charge in [-0.05, 0) is 39.7 Å². The minimum atomic E-state index is 0.464. The Balaban J connectivity index is 1.74. The Morgan fingerprint density at radius 1 is 1.16 bits per heavy atom. The fraction of sp³-hybridized carbons (Fsp3) is 0.947. The Kier molecular flexibility index (Phi) is 9.58. The highest BCUT2D eigenvalue weighted by Crippen LogP contribution is 2.18. The monoisotopic (exact) mass is 353 g/mol. The van der Waals surface area contributed by atoms with Crippen LogP contribution in [-0.2, 0) is 4.74 Å². The SMILES string of the molecule is CCNC(=NCC(C)N1CCOCC1)NCCN1CCCCC1CC. The van der Waals surface area contributed by atoms with E-state index in [0.717, 1.165) is 64.5 Å². The molecule has 0 radical (unpaired) electrons. The van der Waals surface area contributed by atoms with E-state index < -0.39 is 0 Å². The second-order valence-corrected chi connectivity index (χ2v) is 7.24. The molecule has 0 aromatic carbocycles. The molecule has 2 aliphatic heterocycles. The number of hydrogen-bond donors (Lipinski definition) is 2. The number of likely N-dealkylation sites (tertiary alicyclic amines) is 1. The van der Waals surface area contributed by atoms with Crippen molar-refractivity contribution in [1.29, 1.82) is 0 Å². The third-order valence-corrected chi connectivity index (χ3v) is 5.44. The zero-order valence-corrected chi connectivity index (χ0v) is 16.6. The van der Waals surface area contributed by atoms with Gasteiger partial charge in [-0.15, -0.1) is 0 Å². The molecule has 2 rings (SSSR count). The average Bonchev–Trinajstić information content (AvgIpc) is 2.67. The lowest BCUT2D eigenvalue weighted by Gasteiger charge is -2.35. The van der Waals surface area contributed by atoms with E-state index in [1.807, 2.05) is 0 Å². The van der Waals surface area contributed by atoms with E-state index in [9.17, 15) is 0 Å². The van der Waals surface area contributed by atoms with Crippen molar-refractivity contribution in [3.8, 4) is 0 Å². The molecule has 2 heterocycles. The van der Waals surface area contributed by atoms with Crippen LogP contribution in [-0.4, -0.2) is 86.9 Å². The van der Waals surface area contributed by atoms with E-state index in [1.54, 1.807) is 0 Å². The highest BCUT2D eigenvalue weighted by atomic mass is 16.5. The summed E-state index contributed by atoms with van der Waals surface area (Å²) in [7, 11) is 0. The molecule has 0 spiro atoms. The molecule has 146 valence electrons. The number of nitrogens with one attached hydrogen (secondary N) is 2. The van der Waals surface area contributed by atoms with Crippen LogP contribution in [0.2, 0.25) is 0 Å². The first-order valence-corrected chi connectivity index (χ1v) is 10.3. The van der Waals surface area contributed by atoms with Crippen molar-refractivity contribution in [2.24, 2.45) is 4.99 Å². The Hall–Kier alpha value is -0.850. The number of piperidine rings is 1. The smallest absolute Gasteiger partial charge is 0.191 e. The maximum atomic E-state index is 5.44. The van der Waals surface area contributed by atoms with E-state index in [-0.39, 0.29) is 0 Å². The van der Waals surface area contributed by atoms with Crippen molar-refractivity contribution in [2.45, 2.75) is 58.5 Å². The van der Waals surface area contributed by atoms with Gasteiger partial charge in [-0.1, -0.05) is 13.3 Å². The van der Waals surface area contributed by atoms with Crippen LogP contribution < -0.4 is 10.6 Å². The van der Waals surface area contributed by atoms with Gasteiger partial charge in [0.2, 0.25) is 0 Å². The molecule has 2 aliphatic rings. The Bertz CT molecular complexity index is 384. The minimum absolute atomic E-state index is 0.464. The summed E-state index contributed by atoms with van der Waals surface area (Å²) < 4.78 is 5.44. The lowest BCUT2D eigenvalue weighted by Crippen LogP contribution is -2.47. The van der Waals surface area contributed by atoms with Crippen molar-refractivity contribution < 1.29 is 4.74 Å². The van der Waals surface area contributed by atoms with Crippen molar-refractivity contribution >= 4 is 5.96 Å². The van der Waals surface area contributed by atoms with Crippen LogP contribution >= 0.6 is 0 Å². The van der Waals surface area contributed by atoms with Gasteiger partial charge in [0.1, 0.15) is 0 Å². The standard InChI is InChI=1S/C19H39N5O/c1-4-18-8-6-7-10-24(18)11-9-21-19(20-5-2)22-16-17(3)23-12-14-25-15-13-23/h17-18H,4-16H2,1-3H3,(H2,20,21,22). The van der Waals surface area contributed by atoms with E-state index in [2.05, 4.69) is 41.2 Å². The van der Waals surface area contributed by atoms with Gasteiger partial charge in [-0.25, -0.2) is 0 Å². The molecule has 2 fully saturated rings. The van der Waals surface area contributed by atoms with Crippen molar-refractivity contribution in [3.63, 3.8) is 0 Å². The zero-order chi connectivity index (χ0) is 17.9. The molecule has 25 heavy (non-hydrogen) atoms. The molecule has 0 amide bonds. The summed E-state index contributed by atoms with van der Waals surface area (Å²) in [5, 5.41) is 6.91. The summed E-state index contributed by atoms with van der Waals surface area (Å²) in [4.78, 5) is 9.92. The van der Waals surface area contributed by atoms with Crippen LogP contribution in [0, 0.1) is 0 Å². The predicted octanol–water partition coefficient (Wildman–Crippen LogP) is 1.53. The largest absolute Gasteiger partial charge is 0.379 e. The van der Waals surface area contributed by atoms with Crippen LogP contribution in [0.3, 0.4) is 0 Å². The second kappa shape index (κ2) is 11.7. The first-order valence-electron chi connectivity index (χ1n) is 10.3. The van der Waals surface area contributed by atoms with Gasteiger partial charge >= 0.3 is 0 Å². The van der Waals surface area contributed by atoms with Crippen LogP contribution in [0.25, 0.3) is 0 Å². The molecule has 6 heteroatoms.